The first-order chi connectivity index (χ1) is 8.97. The van der Waals surface area contributed by atoms with E-state index in [9.17, 15) is 0 Å². The molecular formula is C14H21BrN2OS. The Balaban J connectivity index is 2.80. The number of hydrogen-bond acceptors (Lipinski definition) is 3. The van der Waals surface area contributed by atoms with Crippen LogP contribution in [0.1, 0.15) is 19.4 Å². The van der Waals surface area contributed by atoms with Crippen molar-refractivity contribution in [3.8, 4) is 5.75 Å². The van der Waals surface area contributed by atoms with Crippen LogP contribution in [-0.4, -0.2) is 30.1 Å². The molecule has 0 spiro atoms. The van der Waals surface area contributed by atoms with Gasteiger partial charge in [0.25, 0.3) is 0 Å². The van der Waals surface area contributed by atoms with Crippen molar-refractivity contribution in [1.82, 2.24) is 4.90 Å². The topological polar surface area (TPSA) is 38.5 Å². The van der Waals surface area contributed by atoms with Gasteiger partial charge in [0.1, 0.15) is 5.75 Å². The molecule has 0 bridgehead atoms. The summed E-state index contributed by atoms with van der Waals surface area (Å²) in [6.07, 6.45) is 0. The molecule has 106 valence electrons. The first kappa shape index (κ1) is 16.4. The Morgan fingerprint density at radius 2 is 2.21 bits per heavy atom. The number of thiocarbonyl (C=S) groups is 1. The van der Waals surface area contributed by atoms with Gasteiger partial charge in [0.05, 0.1) is 12.1 Å². The summed E-state index contributed by atoms with van der Waals surface area (Å²) in [6, 6.07) is 6.05. The zero-order valence-corrected chi connectivity index (χ0v) is 14.1. The second kappa shape index (κ2) is 7.82. The number of hydrogen-bond donors (Lipinski definition) is 1. The number of rotatable bonds is 7. The van der Waals surface area contributed by atoms with Crippen LogP contribution >= 0.6 is 28.1 Å². The number of nitrogens with zero attached hydrogens (tertiary/aromatic N) is 1. The maximum absolute atomic E-state index is 5.69. The summed E-state index contributed by atoms with van der Waals surface area (Å²) in [5.74, 6) is 1.12. The van der Waals surface area contributed by atoms with Crippen LogP contribution in [0.4, 0.5) is 0 Å². The van der Waals surface area contributed by atoms with Crippen LogP contribution in [0.25, 0.3) is 0 Å². The molecule has 0 aliphatic rings. The molecule has 1 unspecified atom stereocenters. The Morgan fingerprint density at radius 3 is 2.74 bits per heavy atom. The van der Waals surface area contributed by atoms with Gasteiger partial charge in [-0.05, 0) is 24.7 Å². The highest BCUT2D eigenvalue weighted by Crippen LogP contribution is 2.24. The van der Waals surface area contributed by atoms with E-state index in [2.05, 4.69) is 40.7 Å². The lowest BCUT2D eigenvalue weighted by atomic mass is 10.1. The second-order valence-electron chi connectivity index (χ2n) is 4.59. The Labute approximate surface area is 129 Å². The SMILES string of the molecule is CCN(Cc1cc(Br)ccc1OC)CC(C)C(N)=S. The van der Waals surface area contributed by atoms with Crippen molar-refractivity contribution in [1.29, 1.82) is 0 Å². The predicted molar refractivity (Wildman–Crippen MR) is 87.6 cm³/mol. The van der Waals surface area contributed by atoms with E-state index >= 15 is 0 Å². The van der Waals surface area contributed by atoms with Crippen molar-refractivity contribution in [3.05, 3.63) is 28.2 Å². The molecule has 1 atom stereocenters. The minimum atomic E-state index is 0.216. The van der Waals surface area contributed by atoms with Crippen molar-refractivity contribution in [3.63, 3.8) is 0 Å². The standard InChI is InChI=1S/C14H21BrN2OS/c1-4-17(8-10(2)14(16)19)9-11-7-12(15)5-6-13(11)18-3/h5-7,10H,4,8-9H2,1-3H3,(H2,16,19). The highest BCUT2D eigenvalue weighted by atomic mass is 79.9. The highest BCUT2D eigenvalue weighted by Gasteiger charge is 2.13. The maximum atomic E-state index is 5.69. The van der Waals surface area contributed by atoms with Crippen molar-refractivity contribution in [2.75, 3.05) is 20.2 Å². The third-order valence-electron chi connectivity index (χ3n) is 3.10. The number of ether oxygens (including phenoxy) is 1. The predicted octanol–water partition coefficient (Wildman–Crippen LogP) is 3.20. The molecule has 0 amide bonds. The van der Waals surface area contributed by atoms with Crippen LogP contribution in [0.5, 0.6) is 5.75 Å². The van der Waals surface area contributed by atoms with Crippen molar-refractivity contribution in [2.24, 2.45) is 11.7 Å². The largest absolute Gasteiger partial charge is 0.496 e. The molecule has 0 radical (unpaired) electrons. The van der Waals surface area contributed by atoms with Crippen molar-refractivity contribution >= 4 is 33.1 Å². The molecule has 5 heteroatoms. The van der Waals surface area contributed by atoms with Crippen LogP contribution in [-0.2, 0) is 6.54 Å². The molecular weight excluding hydrogens is 324 g/mol. The third-order valence-corrected chi connectivity index (χ3v) is 4.00. The molecule has 0 aliphatic heterocycles. The Hall–Kier alpha value is -0.650. The molecule has 1 aromatic carbocycles. The quantitative estimate of drug-likeness (QED) is 0.771. The van der Waals surface area contributed by atoms with Crippen LogP contribution in [0.15, 0.2) is 22.7 Å². The lowest BCUT2D eigenvalue weighted by Crippen LogP contribution is -2.33. The number of methoxy groups -OCH3 is 1. The summed E-state index contributed by atoms with van der Waals surface area (Å²) in [6.45, 7) is 6.83. The van der Waals surface area contributed by atoms with Crippen LogP contribution < -0.4 is 10.5 Å². The van der Waals surface area contributed by atoms with E-state index in [1.54, 1.807) is 7.11 Å². The summed E-state index contributed by atoms with van der Waals surface area (Å²) in [5, 5.41) is 0. The van der Waals surface area contributed by atoms with Gasteiger partial charge in [0.15, 0.2) is 0 Å². The molecule has 0 fully saturated rings. The minimum Gasteiger partial charge on any atom is -0.496 e. The first-order valence-corrected chi connectivity index (χ1v) is 7.52. The van der Waals surface area contributed by atoms with Gasteiger partial charge in [-0.1, -0.05) is 42.0 Å². The van der Waals surface area contributed by atoms with E-state index < -0.39 is 0 Å². The Bertz CT molecular complexity index is 439. The molecule has 0 saturated heterocycles. The lowest BCUT2D eigenvalue weighted by molar-refractivity contribution is 0.259. The van der Waals surface area contributed by atoms with Crippen LogP contribution in [0.2, 0.25) is 0 Å². The fraction of sp³-hybridized carbons (Fsp3) is 0.500. The Kier molecular flexibility index (Phi) is 6.75. The molecule has 1 rings (SSSR count). The van der Waals surface area contributed by atoms with Gasteiger partial charge in [0, 0.05) is 29.0 Å². The molecule has 0 saturated carbocycles. The average molecular weight is 345 g/mol. The summed E-state index contributed by atoms with van der Waals surface area (Å²) >= 11 is 8.53. The van der Waals surface area contributed by atoms with Gasteiger partial charge in [-0.2, -0.15) is 0 Å². The molecule has 3 nitrogen and oxygen atoms in total. The zero-order valence-electron chi connectivity index (χ0n) is 11.6. The normalized spacial score (nSPS) is 12.5. The maximum Gasteiger partial charge on any atom is 0.123 e. The van der Waals surface area contributed by atoms with E-state index in [1.165, 1.54) is 0 Å². The molecule has 0 heterocycles. The summed E-state index contributed by atoms with van der Waals surface area (Å²) in [5.41, 5.74) is 6.85. The van der Waals surface area contributed by atoms with E-state index in [0.29, 0.717) is 4.99 Å². The monoisotopic (exact) mass is 344 g/mol. The number of benzene rings is 1. The van der Waals surface area contributed by atoms with E-state index in [1.807, 2.05) is 12.1 Å². The molecule has 19 heavy (non-hydrogen) atoms. The summed E-state index contributed by atoms with van der Waals surface area (Å²) in [7, 11) is 1.70. The van der Waals surface area contributed by atoms with E-state index in [0.717, 1.165) is 35.4 Å². The van der Waals surface area contributed by atoms with E-state index in [4.69, 9.17) is 22.7 Å². The van der Waals surface area contributed by atoms with Gasteiger partial charge >= 0.3 is 0 Å². The van der Waals surface area contributed by atoms with Crippen LogP contribution in [0, 0.1) is 5.92 Å². The fourth-order valence-electron chi connectivity index (χ4n) is 1.89. The minimum absolute atomic E-state index is 0.216. The van der Waals surface area contributed by atoms with E-state index in [-0.39, 0.29) is 5.92 Å². The number of nitrogens with two attached hydrogens (primary N) is 1. The smallest absolute Gasteiger partial charge is 0.123 e. The zero-order chi connectivity index (χ0) is 14.4. The van der Waals surface area contributed by atoms with Crippen molar-refractivity contribution in [2.45, 2.75) is 20.4 Å². The highest BCUT2D eigenvalue weighted by molar-refractivity contribution is 9.10. The fourth-order valence-corrected chi connectivity index (χ4v) is 2.38. The molecule has 2 N–H and O–H groups in total. The second-order valence-corrected chi connectivity index (χ2v) is 5.97. The number of halogens is 1. The Morgan fingerprint density at radius 1 is 1.53 bits per heavy atom. The third kappa shape index (κ3) is 5.09. The van der Waals surface area contributed by atoms with Gasteiger partial charge < -0.3 is 10.5 Å². The molecule has 0 aliphatic carbocycles. The molecule has 1 aromatic rings. The first-order valence-electron chi connectivity index (χ1n) is 6.32. The summed E-state index contributed by atoms with van der Waals surface area (Å²) < 4.78 is 6.46. The van der Waals surface area contributed by atoms with Crippen molar-refractivity contribution < 1.29 is 4.74 Å². The van der Waals surface area contributed by atoms with Gasteiger partial charge in [-0.15, -0.1) is 0 Å². The summed E-state index contributed by atoms with van der Waals surface area (Å²) in [4.78, 5) is 2.88. The molecule has 0 aromatic heterocycles. The van der Waals surface area contributed by atoms with Gasteiger partial charge in [-0.25, -0.2) is 0 Å². The lowest BCUT2D eigenvalue weighted by Gasteiger charge is -2.24. The van der Waals surface area contributed by atoms with Gasteiger partial charge in [-0.3, -0.25) is 4.90 Å². The van der Waals surface area contributed by atoms with Gasteiger partial charge in [0.2, 0.25) is 0 Å². The average Bonchev–Trinajstić information content (AvgIpc) is 2.37. The van der Waals surface area contributed by atoms with Crippen LogP contribution in [0.3, 0.4) is 0 Å².